The molecule has 0 aromatic heterocycles. The van der Waals surface area contributed by atoms with Crippen LogP contribution in [0.4, 0.5) is 4.39 Å². The van der Waals surface area contributed by atoms with Crippen LogP contribution in [0.25, 0.3) is 0 Å². The Balaban J connectivity index is 2.56. The SMILES string of the molecule is NN1Cc2ccc(F)cc2C1=O. The molecule has 2 N–H and O–H groups in total. The number of halogens is 1. The van der Waals surface area contributed by atoms with Gasteiger partial charge >= 0.3 is 0 Å². The molecule has 12 heavy (non-hydrogen) atoms. The zero-order valence-corrected chi connectivity index (χ0v) is 6.25. The summed E-state index contributed by atoms with van der Waals surface area (Å²) in [4.78, 5) is 11.2. The molecule has 1 heterocycles. The predicted octanol–water partition coefficient (Wildman–Crippen LogP) is 0.655. The summed E-state index contributed by atoms with van der Waals surface area (Å²) in [6, 6.07) is 4.12. The third-order valence-electron chi connectivity index (χ3n) is 1.90. The van der Waals surface area contributed by atoms with Crippen LogP contribution in [0.5, 0.6) is 0 Å². The lowest BCUT2D eigenvalue weighted by atomic mass is 10.1. The van der Waals surface area contributed by atoms with Crippen LogP contribution < -0.4 is 5.84 Å². The first-order chi connectivity index (χ1) is 5.68. The average Bonchev–Trinajstić information content (AvgIpc) is 2.31. The molecule has 0 unspecified atom stereocenters. The van der Waals surface area contributed by atoms with Gasteiger partial charge in [0, 0.05) is 5.56 Å². The Labute approximate surface area is 68.6 Å². The fourth-order valence-electron chi connectivity index (χ4n) is 1.30. The highest BCUT2D eigenvalue weighted by molar-refractivity contribution is 5.97. The topological polar surface area (TPSA) is 46.3 Å². The molecule has 0 bridgehead atoms. The lowest BCUT2D eigenvalue weighted by molar-refractivity contribution is 0.0778. The van der Waals surface area contributed by atoms with Crippen LogP contribution in [-0.4, -0.2) is 10.9 Å². The summed E-state index contributed by atoms with van der Waals surface area (Å²) in [5.74, 6) is 4.62. The van der Waals surface area contributed by atoms with E-state index in [1.54, 1.807) is 6.07 Å². The number of amides is 1. The van der Waals surface area contributed by atoms with Crippen LogP contribution in [0.2, 0.25) is 0 Å². The Morgan fingerprint density at radius 1 is 1.50 bits per heavy atom. The van der Waals surface area contributed by atoms with Gasteiger partial charge in [-0.15, -0.1) is 0 Å². The number of hydrazine groups is 1. The van der Waals surface area contributed by atoms with Gasteiger partial charge in [0.05, 0.1) is 6.54 Å². The summed E-state index contributed by atoms with van der Waals surface area (Å²) in [7, 11) is 0. The largest absolute Gasteiger partial charge is 0.272 e. The maximum absolute atomic E-state index is 12.7. The van der Waals surface area contributed by atoms with Crippen molar-refractivity contribution in [3.63, 3.8) is 0 Å². The van der Waals surface area contributed by atoms with E-state index < -0.39 is 5.82 Å². The average molecular weight is 166 g/mol. The molecule has 62 valence electrons. The van der Waals surface area contributed by atoms with E-state index in [0.717, 1.165) is 10.6 Å². The molecule has 1 amide bonds. The number of nitrogens with zero attached hydrogens (tertiary/aromatic N) is 1. The van der Waals surface area contributed by atoms with E-state index in [1.165, 1.54) is 12.1 Å². The summed E-state index contributed by atoms with van der Waals surface area (Å²) < 4.78 is 12.7. The van der Waals surface area contributed by atoms with Gasteiger partial charge in [-0.05, 0) is 17.7 Å². The van der Waals surface area contributed by atoms with Gasteiger partial charge < -0.3 is 0 Å². The van der Waals surface area contributed by atoms with Gasteiger partial charge in [-0.25, -0.2) is 10.2 Å². The van der Waals surface area contributed by atoms with Crippen LogP contribution in [0.1, 0.15) is 15.9 Å². The minimum absolute atomic E-state index is 0.315. The number of benzene rings is 1. The Morgan fingerprint density at radius 3 is 3.00 bits per heavy atom. The Morgan fingerprint density at radius 2 is 2.25 bits per heavy atom. The number of carbonyl (C=O) groups is 1. The summed E-state index contributed by atoms with van der Waals surface area (Å²) in [5.41, 5.74) is 1.15. The first-order valence-electron chi connectivity index (χ1n) is 3.53. The molecule has 1 aliphatic rings. The van der Waals surface area contributed by atoms with Crippen molar-refractivity contribution in [3.05, 3.63) is 35.1 Å². The van der Waals surface area contributed by atoms with Gasteiger partial charge in [-0.3, -0.25) is 9.80 Å². The normalized spacial score (nSPS) is 15.2. The molecule has 0 saturated heterocycles. The summed E-state index contributed by atoms with van der Waals surface area (Å²) >= 11 is 0. The Hall–Kier alpha value is -1.42. The molecule has 1 aliphatic heterocycles. The first-order valence-corrected chi connectivity index (χ1v) is 3.53. The minimum Gasteiger partial charge on any atom is -0.272 e. The molecule has 0 aliphatic carbocycles. The second-order valence-electron chi connectivity index (χ2n) is 2.73. The van der Waals surface area contributed by atoms with E-state index in [4.69, 9.17) is 5.84 Å². The molecular weight excluding hydrogens is 159 g/mol. The number of nitrogens with two attached hydrogens (primary N) is 1. The highest BCUT2D eigenvalue weighted by atomic mass is 19.1. The summed E-state index contributed by atoms with van der Waals surface area (Å²) in [6.07, 6.45) is 0. The third-order valence-corrected chi connectivity index (χ3v) is 1.90. The van der Waals surface area contributed by atoms with Crippen molar-refractivity contribution in [2.24, 2.45) is 5.84 Å². The van der Waals surface area contributed by atoms with Crippen LogP contribution in [-0.2, 0) is 6.54 Å². The summed E-state index contributed by atoms with van der Waals surface area (Å²) in [6.45, 7) is 0.369. The zero-order valence-electron chi connectivity index (χ0n) is 6.25. The molecule has 1 aromatic rings. The van der Waals surface area contributed by atoms with Gasteiger partial charge in [0.2, 0.25) is 0 Å². The number of hydrogen-bond donors (Lipinski definition) is 1. The van der Waals surface area contributed by atoms with Gasteiger partial charge in [0.25, 0.3) is 5.91 Å². The molecule has 2 rings (SSSR count). The fourth-order valence-corrected chi connectivity index (χ4v) is 1.30. The van der Waals surface area contributed by atoms with Crippen LogP contribution in [0.3, 0.4) is 0 Å². The summed E-state index contributed by atoms with van der Waals surface area (Å²) in [5, 5.41) is 1.07. The quantitative estimate of drug-likeness (QED) is 0.454. The van der Waals surface area contributed by atoms with Gasteiger partial charge in [0.1, 0.15) is 5.82 Å². The Bertz CT molecular complexity index is 351. The van der Waals surface area contributed by atoms with Crippen LogP contribution >= 0.6 is 0 Å². The standard InChI is InChI=1S/C8H7FN2O/c9-6-2-1-5-4-11(10)8(12)7(5)3-6/h1-3H,4,10H2. The molecule has 0 radical (unpaired) electrons. The van der Waals surface area contributed by atoms with Crippen molar-refractivity contribution in [1.82, 2.24) is 5.01 Å². The third kappa shape index (κ3) is 0.887. The minimum atomic E-state index is -0.405. The van der Waals surface area contributed by atoms with E-state index in [9.17, 15) is 9.18 Å². The number of carbonyl (C=O) groups excluding carboxylic acids is 1. The molecule has 0 fully saturated rings. The van der Waals surface area contributed by atoms with Crippen LogP contribution in [0, 0.1) is 5.82 Å². The predicted molar refractivity (Wildman–Crippen MR) is 40.5 cm³/mol. The molecule has 0 spiro atoms. The highest BCUT2D eigenvalue weighted by Crippen LogP contribution is 2.20. The van der Waals surface area contributed by atoms with E-state index in [0.29, 0.717) is 12.1 Å². The maximum atomic E-state index is 12.7. The van der Waals surface area contributed by atoms with Gasteiger partial charge in [0.15, 0.2) is 0 Å². The van der Waals surface area contributed by atoms with E-state index in [2.05, 4.69) is 0 Å². The molecule has 0 saturated carbocycles. The number of rotatable bonds is 0. The van der Waals surface area contributed by atoms with Crippen LogP contribution in [0.15, 0.2) is 18.2 Å². The monoisotopic (exact) mass is 166 g/mol. The Kier molecular flexibility index (Phi) is 1.38. The molecule has 4 heteroatoms. The van der Waals surface area contributed by atoms with Crippen molar-refractivity contribution in [2.45, 2.75) is 6.54 Å². The second-order valence-corrected chi connectivity index (χ2v) is 2.73. The fraction of sp³-hybridized carbons (Fsp3) is 0.125. The number of hydrogen-bond acceptors (Lipinski definition) is 2. The lowest BCUT2D eigenvalue weighted by Gasteiger charge is -2.04. The van der Waals surface area contributed by atoms with Gasteiger partial charge in [-0.1, -0.05) is 6.07 Å². The van der Waals surface area contributed by atoms with Crippen molar-refractivity contribution in [3.8, 4) is 0 Å². The lowest BCUT2D eigenvalue weighted by Crippen LogP contribution is -2.30. The maximum Gasteiger partial charge on any atom is 0.268 e. The highest BCUT2D eigenvalue weighted by Gasteiger charge is 2.24. The van der Waals surface area contributed by atoms with Crippen molar-refractivity contribution in [2.75, 3.05) is 0 Å². The molecule has 1 aromatic carbocycles. The van der Waals surface area contributed by atoms with Crippen molar-refractivity contribution in [1.29, 1.82) is 0 Å². The zero-order chi connectivity index (χ0) is 8.72. The van der Waals surface area contributed by atoms with E-state index in [1.807, 2.05) is 0 Å². The number of fused-ring (bicyclic) bond motifs is 1. The second kappa shape index (κ2) is 2.28. The van der Waals surface area contributed by atoms with Gasteiger partial charge in [-0.2, -0.15) is 0 Å². The van der Waals surface area contributed by atoms with E-state index in [-0.39, 0.29) is 5.91 Å². The van der Waals surface area contributed by atoms with Crippen molar-refractivity contribution >= 4 is 5.91 Å². The molecule has 3 nitrogen and oxygen atoms in total. The van der Waals surface area contributed by atoms with Crippen molar-refractivity contribution < 1.29 is 9.18 Å². The van der Waals surface area contributed by atoms with E-state index >= 15 is 0 Å². The smallest absolute Gasteiger partial charge is 0.268 e. The molecule has 0 atom stereocenters. The molecular formula is C8H7FN2O. The first kappa shape index (κ1) is 7.24.